The molecule has 82 valence electrons. The lowest BCUT2D eigenvalue weighted by molar-refractivity contribution is 0.112. The van der Waals surface area contributed by atoms with Gasteiger partial charge in [0.2, 0.25) is 0 Å². The highest BCUT2D eigenvalue weighted by Crippen LogP contribution is 2.37. The second-order valence-electron chi connectivity index (χ2n) is 4.42. The fourth-order valence-electron chi connectivity index (χ4n) is 2.54. The second kappa shape index (κ2) is 3.74. The minimum absolute atomic E-state index is 0.517. The quantitative estimate of drug-likeness (QED) is 0.722. The van der Waals surface area contributed by atoms with E-state index in [0.29, 0.717) is 11.5 Å². The lowest BCUT2D eigenvalue weighted by Gasteiger charge is -2.03. The monoisotopic (exact) mass is 215 g/mol. The molecule has 0 atom stereocenters. The molecule has 0 spiro atoms. The van der Waals surface area contributed by atoms with Crippen molar-refractivity contribution in [2.45, 2.75) is 31.6 Å². The second-order valence-corrected chi connectivity index (χ2v) is 4.42. The fourth-order valence-corrected chi connectivity index (χ4v) is 2.54. The van der Waals surface area contributed by atoms with Gasteiger partial charge in [0.25, 0.3) is 0 Å². The van der Waals surface area contributed by atoms with Crippen molar-refractivity contribution in [2.75, 3.05) is 0 Å². The first kappa shape index (κ1) is 9.58. The van der Waals surface area contributed by atoms with E-state index in [2.05, 4.69) is 5.16 Å². The van der Waals surface area contributed by atoms with Crippen LogP contribution < -0.4 is 0 Å². The highest BCUT2D eigenvalue weighted by Gasteiger charge is 2.22. The predicted octanol–water partition coefficient (Wildman–Crippen LogP) is 3.30. The molecule has 0 amide bonds. The molecule has 0 saturated heterocycles. The number of aromatic nitrogens is 1. The Balaban J connectivity index is 2.13. The summed E-state index contributed by atoms with van der Waals surface area (Å²) in [5.74, 6) is 0.517. The first-order valence-electron chi connectivity index (χ1n) is 5.73. The number of carbonyl (C=O) groups excluding carboxylic acids is 1. The Morgan fingerprint density at radius 3 is 2.88 bits per heavy atom. The Kier molecular flexibility index (Phi) is 2.24. The van der Waals surface area contributed by atoms with Gasteiger partial charge in [-0.25, -0.2) is 0 Å². The van der Waals surface area contributed by atoms with Crippen LogP contribution in [0, 0.1) is 0 Å². The van der Waals surface area contributed by atoms with Crippen LogP contribution in [-0.2, 0) is 0 Å². The highest BCUT2D eigenvalue weighted by molar-refractivity contribution is 5.87. The number of hydrogen-bond donors (Lipinski definition) is 0. The topological polar surface area (TPSA) is 43.1 Å². The van der Waals surface area contributed by atoms with Gasteiger partial charge in [0, 0.05) is 16.9 Å². The number of benzene rings is 1. The van der Waals surface area contributed by atoms with E-state index in [-0.39, 0.29) is 0 Å². The van der Waals surface area contributed by atoms with Crippen LogP contribution in [0.5, 0.6) is 0 Å². The number of nitrogens with zero attached hydrogens (tertiary/aromatic N) is 1. The summed E-state index contributed by atoms with van der Waals surface area (Å²) < 4.78 is 5.30. The molecule has 1 saturated carbocycles. The van der Waals surface area contributed by atoms with Crippen LogP contribution in [0.4, 0.5) is 0 Å². The summed E-state index contributed by atoms with van der Waals surface area (Å²) in [6.07, 6.45) is 5.78. The molecule has 0 unspecified atom stereocenters. The van der Waals surface area contributed by atoms with Crippen molar-refractivity contribution in [2.24, 2.45) is 0 Å². The van der Waals surface area contributed by atoms with Gasteiger partial charge < -0.3 is 4.52 Å². The van der Waals surface area contributed by atoms with Crippen molar-refractivity contribution in [3.63, 3.8) is 0 Å². The van der Waals surface area contributed by atoms with Gasteiger partial charge in [0.05, 0.1) is 5.69 Å². The first-order valence-corrected chi connectivity index (χ1v) is 5.73. The molecule has 1 aliphatic rings. The normalized spacial score (nSPS) is 17.0. The van der Waals surface area contributed by atoms with E-state index in [1.807, 2.05) is 12.1 Å². The third kappa shape index (κ3) is 1.43. The van der Waals surface area contributed by atoms with Crippen LogP contribution >= 0.6 is 0 Å². The summed E-state index contributed by atoms with van der Waals surface area (Å²) in [4.78, 5) is 10.8. The summed E-state index contributed by atoms with van der Waals surface area (Å²) in [7, 11) is 0. The van der Waals surface area contributed by atoms with Crippen molar-refractivity contribution in [3.8, 4) is 0 Å². The molecule has 1 aliphatic carbocycles. The van der Waals surface area contributed by atoms with Crippen LogP contribution in [-0.4, -0.2) is 11.4 Å². The van der Waals surface area contributed by atoms with Gasteiger partial charge in [0.1, 0.15) is 6.29 Å². The zero-order valence-corrected chi connectivity index (χ0v) is 8.98. The SMILES string of the molecule is O=Cc1ccc2onc(C3CCCC3)c2c1. The van der Waals surface area contributed by atoms with E-state index in [9.17, 15) is 4.79 Å². The third-order valence-corrected chi connectivity index (χ3v) is 3.40. The van der Waals surface area contributed by atoms with Crippen molar-refractivity contribution in [1.82, 2.24) is 5.16 Å². The minimum Gasteiger partial charge on any atom is -0.356 e. The van der Waals surface area contributed by atoms with E-state index in [1.54, 1.807) is 6.07 Å². The lowest BCUT2D eigenvalue weighted by Crippen LogP contribution is -1.92. The van der Waals surface area contributed by atoms with Gasteiger partial charge in [-0.15, -0.1) is 0 Å². The van der Waals surface area contributed by atoms with E-state index >= 15 is 0 Å². The summed E-state index contributed by atoms with van der Waals surface area (Å²) in [6.45, 7) is 0. The molecule has 16 heavy (non-hydrogen) atoms. The molecule has 1 heterocycles. The minimum atomic E-state index is 0.517. The first-order chi connectivity index (χ1) is 7.88. The number of fused-ring (bicyclic) bond motifs is 1. The summed E-state index contributed by atoms with van der Waals surface area (Å²) in [5, 5.41) is 5.17. The van der Waals surface area contributed by atoms with E-state index < -0.39 is 0 Å². The standard InChI is InChI=1S/C13H13NO2/c15-8-9-5-6-12-11(7-9)13(14-16-12)10-3-1-2-4-10/h5-8,10H,1-4H2. The Hall–Kier alpha value is -1.64. The van der Waals surface area contributed by atoms with Crippen molar-refractivity contribution < 1.29 is 9.32 Å². The molecule has 1 fully saturated rings. The molecule has 3 heteroatoms. The average Bonchev–Trinajstić information content (AvgIpc) is 2.96. The Morgan fingerprint density at radius 2 is 2.12 bits per heavy atom. The molecule has 2 aromatic rings. The van der Waals surface area contributed by atoms with E-state index in [1.165, 1.54) is 25.7 Å². The van der Waals surface area contributed by atoms with E-state index in [4.69, 9.17) is 4.52 Å². The average molecular weight is 215 g/mol. The molecular formula is C13H13NO2. The van der Waals surface area contributed by atoms with Crippen molar-refractivity contribution >= 4 is 17.3 Å². The molecular weight excluding hydrogens is 202 g/mol. The number of rotatable bonds is 2. The number of aldehydes is 1. The van der Waals surface area contributed by atoms with Gasteiger partial charge >= 0.3 is 0 Å². The van der Waals surface area contributed by atoms with Gasteiger partial charge in [-0.3, -0.25) is 4.79 Å². The summed E-state index contributed by atoms with van der Waals surface area (Å²) in [6, 6.07) is 5.47. The van der Waals surface area contributed by atoms with Gasteiger partial charge in [-0.05, 0) is 31.0 Å². The molecule has 0 aliphatic heterocycles. The smallest absolute Gasteiger partial charge is 0.167 e. The molecule has 1 aromatic heterocycles. The molecule has 0 bridgehead atoms. The lowest BCUT2D eigenvalue weighted by atomic mass is 10.00. The Labute approximate surface area is 93.4 Å². The van der Waals surface area contributed by atoms with Crippen LogP contribution in [0.2, 0.25) is 0 Å². The molecule has 3 nitrogen and oxygen atoms in total. The van der Waals surface area contributed by atoms with Crippen LogP contribution in [0.15, 0.2) is 22.7 Å². The molecule has 1 aromatic carbocycles. The fraction of sp³-hybridized carbons (Fsp3) is 0.385. The largest absolute Gasteiger partial charge is 0.356 e. The zero-order valence-electron chi connectivity index (χ0n) is 8.98. The predicted molar refractivity (Wildman–Crippen MR) is 60.6 cm³/mol. The molecule has 0 N–H and O–H groups in total. The third-order valence-electron chi connectivity index (χ3n) is 3.40. The highest BCUT2D eigenvalue weighted by atomic mass is 16.5. The number of hydrogen-bond acceptors (Lipinski definition) is 3. The van der Waals surface area contributed by atoms with Crippen LogP contribution in [0.25, 0.3) is 11.0 Å². The maximum Gasteiger partial charge on any atom is 0.167 e. The maximum absolute atomic E-state index is 10.8. The van der Waals surface area contributed by atoms with Crippen LogP contribution in [0.1, 0.15) is 47.7 Å². The Morgan fingerprint density at radius 1 is 1.31 bits per heavy atom. The molecule has 0 radical (unpaired) electrons. The van der Waals surface area contributed by atoms with Crippen molar-refractivity contribution in [1.29, 1.82) is 0 Å². The van der Waals surface area contributed by atoms with E-state index in [0.717, 1.165) is 22.9 Å². The number of carbonyl (C=O) groups is 1. The van der Waals surface area contributed by atoms with Gasteiger partial charge in [0.15, 0.2) is 5.58 Å². The zero-order chi connectivity index (χ0) is 11.0. The van der Waals surface area contributed by atoms with Crippen LogP contribution in [0.3, 0.4) is 0 Å². The maximum atomic E-state index is 10.8. The van der Waals surface area contributed by atoms with Crippen molar-refractivity contribution in [3.05, 3.63) is 29.5 Å². The van der Waals surface area contributed by atoms with Gasteiger partial charge in [-0.2, -0.15) is 0 Å². The Bertz CT molecular complexity index is 524. The van der Waals surface area contributed by atoms with Gasteiger partial charge in [-0.1, -0.05) is 18.0 Å². The summed E-state index contributed by atoms with van der Waals surface area (Å²) >= 11 is 0. The summed E-state index contributed by atoms with van der Waals surface area (Å²) in [5.41, 5.74) is 2.51. The molecule has 3 rings (SSSR count).